The summed E-state index contributed by atoms with van der Waals surface area (Å²) in [6.07, 6.45) is 1.87. The number of hydrogen-bond acceptors (Lipinski definition) is 2. The van der Waals surface area contributed by atoms with Crippen molar-refractivity contribution >= 4 is 5.91 Å². The van der Waals surface area contributed by atoms with E-state index in [2.05, 4.69) is 13.8 Å². The maximum atomic E-state index is 12.1. The third-order valence-corrected chi connectivity index (χ3v) is 2.73. The number of amides is 1. The fraction of sp³-hybridized carbons (Fsp3) is 0.583. The lowest BCUT2D eigenvalue weighted by atomic mass is 9.93. The van der Waals surface area contributed by atoms with E-state index in [1.54, 1.807) is 4.90 Å². The van der Waals surface area contributed by atoms with Crippen LogP contribution in [-0.2, 0) is 7.05 Å². The predicted octanol–water partition coefficient (Wildman–Crippen LogP) is 1.08. The van der Waals surface area contributed by atoms with Crippen LogP contribution in [0.15, 0.2) is 18.3 Å². The van der Waals surface area contributed by atoms with E-state index in [9.17, 15) is 4.79 Å². The summed E-state index contributed by atoms with van der Waals surface area (Å²) < 4.78 is 1.83. The molecule has 1 rings (SSSR count). The number of carbonyl (C=O) groups excluding carboxylic acids is 1. The summed E-state index contributed by atoms with van der Waals surface area (Å²) in [4.78, 5) is 13.8. The molecule has 2 N–H and O–H groups in total. The van der Waals surface area contributed by atoms with E-state index in [1.807, 2.05) is 37.0 Å². The van der Waals surface area contributed by atoms with Gasteiger partial charge in [0.25, 0.3) is 5.91 Å². The summed E-state index contributed by atoms with van der Waals surface area (Å²) in [5.41, 5.74) is 6.32. The third-order valence-electron chi connectivity index (χ3n) is 2.73. The lowest BCUT2D eigenvalue weighted by Crippen LogP contribution is -2.40. The van der Waals surface area contributed by atoms with Crippen molar-refractivity contribution in [2.24, 2.45) is 18.2 Å². The van der Waals surface area contributed by atoms with Crippen molar-refractivity contribution in [3.63, 3.8) is 0 Å². The molecule has 90 valence electrons. The second kappa shape index (κ2) is 4.70. The van der Waals surface area contributed by atoms with Crippen LogP contribution >= 0.6 is 0 Å². The minimum atomic E-state index is -0.0461. The zero-order chi connectivity index (χ0) is 12.3. The van der Waals surface area contributed by atoms with Gasteiger partial charge in [-0.25, -0.2) is 0 Å². The molecule has 0 spiro atoms. The first-order chi connectivity index (χ1) is 7.37. The van der Waals surface area contributed by atoms with Gasteiger partial charge in [0.15, 0.2) is 0 Å². The molecule has 1 amide bonds. The number of aryl methyl sites for hydroxylation is 1. The smallest absolute Gasteiger partial charge is 0.270 e. The van der Waals surface area contributed by atoms with Gasteiger partial charge in [0.1, 0.15) is 5.69 Å². The Bertz CT molecular complexity index is 368. The maximum Gasteiger partial charge on any atom is 0.270 e. The van der Waals surface area contributed by atoms with Crippen LogP contribution < -0.4 is 5.73 Å². The van der Waals surface area contributed by atoms with Gasteiger partial charge in [-0.3, -0.25) is 4.79 Å². The summed E-state index contributed by atoms with van der Waals surface area (Å²) >= 11 is 0. The number of carbonyl (C=O) groups is 1. The summed E-state index contributed by atoms with van der Waals surface area (Å²) in [6, 6.07) is 3.70. The molecule has 0 unspecified atom stereocenters. The van der Waals surface area contributed by atoms with Gasteiger partial charge in [-0.05, 0) is 24.1 Å². The zero-order valence-corrected chi connectivity index (χ0v) is 10.5. The zero-order valence-electron chi connectivity index (χ0n) is 10.5. The summed E-state index contributed by atoms with van der Waals surface area (Å²) in [5, 5.41) is 0. The largest absolute Gasteiger partial charge is 0.347 e. The van der Waals surface area contributed by atoms with Crippen molar-refractivity contribution in [3.05, 3.63) is 24.0 Å². The molecule has 0 fully saturated rings. The van der Waals surface area contributed by atoms with Gasteiger partial charge in [0.2, 0.25) is 0 Å². The summed E-state index contributed by atoms with van der Waals surface area (Å²) in [5.74, 6) is 0.0361. The molecule has 1 aromatic heterocycles. The molecule has 1 aromatic rings. The van der Waals surface area contributed by atoms with Crippen molar-refractivity contribution in [1.82, 2.24) is 9.47 Å². The van der Waals surface area contributed by atoms with Crippen molar-refractivity contribution in [1.29, 1.82) is 0 Å². The second-order valence-electron chi connectivity index (χ2n) is 5.03. The number of rotatable bonds is 4. The van der Waals surface area contributed by atoms with E-state index in [4.69, 9.17) is 5.73 Å². The van der Waals surface area contributed by atoms with Crippen LogP contribution in [0, 0.1) is 5.41 Å². The summed E-state index contributed by atoms with van der Waals surface area (Å²) in [7, 11) is 3.68. The average molecular weight is 223 g/mol. The van der Waals surface area contributed by atoms with Gasteiger partial charge in [0.05, 0.1) is 0 Å². The molecule has 4 heteroatoms. The number of nitrogens with two attached hydrogens (primary N) is 1. The van der Waals surface area contributed by atoms with Crippen LogP contribution in [0.3, 0.4) is 0 Å². The fourth-order valence-electron chi connectivity index (χ4n) is 1.66. The van der Waals surface area contributed by atoms with Gasteiger partial charge in [-0.1, -0.05) is 13.8 Å². The van der Waals surface area contributed by atoms with Crippen LogP contribution in [0.2, 0.25) is 0 Å². The third kappa shape index (κ3) is 2.85. The Morgan fingerprint density at radius 2 is 2.19 bits per heavy atom. The molecule has 0 atom stereocenters. The second-order valence-corrected chi connectivity index (χ2v) is 5.03. The molecular formula is C12H21N3O. The van der Waals surface area contributed by atoms with E-state index in [1.165, 1.54) is 0 Å². The Kier molecular flexibility index (Phi) is 3.75. The van der Waals surface area contributed by atoms with Crippen LogP contribution in [0.4, 0.5) is 0 Å². The predicted molar refractivity (Wildman–Crippen MR) is 65.2 cm³/mol. The highest BCUT2D eigenvalue weighted by Crippen LogP contribution is 2.15. The Labute approximate surface area is 97.0 Å². The fourth-order valence-corrected chi connectivity index (χ4v) is 1.66. The summed E-state index contributed by atoms with van der Waals surface area (Å²) in [6.45, 7) is 5.34. The highest BCUT2D eigenvalue weighted by molar-refractivity contribution is 5.92. The quantitative estimate of drug-likeness (QED) is 0.830. The topological polar surface area (TPSA) is 51.3 Å². The lowest BCUT2D eigenvalue weighted by Gasteiger charge is -2.29. The first-order valence-corrected chi connectivity index (χ1v) is 5.44. The van der Waals surface area contributed by atoms with E-state index in [-0.39, 0.29) is 11.3 Å². The molecule has 0 bridgehead atoms. The maximum absolute atomic E-state index is 12.1. The Balaban J connectivity index is 2.73. The Morgan fingerprint density at radius 1 is 1.56 bits per heavy atom. The highest BCUT2D eigenvalue weighted by atomic mass is 16.2. The SMILES string of the molecule is CN(CC(C)(C)CN)C(=O)c1cccn1C. The molecule has 0 saturated carbocycles. The van der Waals surface area contributed by atoms with Crippen LogP contribution in [0.1, 0.15) is 24.3 Å². The highest BCUT2D eigenvalue weighted by Gasteiger charge is 2.22. The molecular weight excluding hydrogens is 202 g/mol. The van der Waals surface area contributed by atoms with E-state index >= 15 is 0 Å². The normalized spacial score (nSPS) is 11.6. The van der Waals surface area contributed by atoms with E-state index in [0.717, 1.165) is 0 Å². The van der Waals surface area contributed by atoms with Crippen LogP contribution in [0.25, 0.3) is 0 Å². The van der Waals surface area contributed by atoms with Crippen molar-refractivity contribution in [2.45, 2.75) is 13.8 Å². The lowest BCUT2D eigenvalue weighted by molar-refractivity contribution is 0.0731. The van der Waals surface area contributed by atoms with Gasteiger partial charge in [-0.2, -0.15) is 0 Å². The van der Waals surface area contributed by atoms with Crippen LogP contribution in [0.5, 0.6) is 0 Å². The van der Waals surface area contributed by atoms with Gasteiger partial charge in [-0.15, -0.1) is 0 Å². The standard InChI is InChI=1S/C12H21N3O/c1-12(2,8-13)9-15(4)11(16)10-6-5-7-14(10)3/h5-7H,8-9,13H2,1-4H3. The molecule has 0 aliphatic heterocycles. The molecule has 0 aliphatic rings. The average Bonchev–Trinajstić information content (AvgIpc) is 2.62. The number of hydrogen-bond donors (Lipinski definition) is 1. The first kappa shape index (κ1) is 12.8. The molecule has 0 aliphatic carbocycles. The Morgan fingerprint density at radius 3 is 2.62 bits per heavy atom. The van der Waals surface area contributed by atoms with Crippen LogP contribution in [-0.4, -0.2) is 35.5 Å². The molecule has 16 heavy (non-hydrogen) atoms. The van der Waals surface area contributed by atoms with Crippen molar-refractivity contribution in [2.75, 3.05) is 20.1 Å². The van der Waals surface area contributed by atoms with Crippen molar-refractivity contribution < 1.29 is 4.79 Å². The molecule has 0 saturated heterocycles. The first-order valence-electron chi connectivity index (χ1n) is 5.44. The van der Waals surface area contributed by atoms with Gasteiger partial charge in [0, 0.05) is 26.8 Å². The van der Waals surface area contributed by atoms with Gasteiger partial charge >= 0.3 is 0 Å². The molecule has 1 heterocycles. The molecule has 0 aromatic carbocycles. The van der Waals surface area contributed by atoms with Gasteiger partial charge < -0.3 is 15.2 Å². The van der Waals surface area contributed by atoms with Crippen molar-refractivity contribution in [3.8, 4) is 0 Å². The number of aromatic nitrogens is 1. The molecule has 4 nitrogen and oxygen atoms in total. The Hall–Kier alpha value is -1.29. The van der Waals surface area contributed by atoms with E-state index < -0.39 is 0 Å². The minimum Gasteiger partial charge on any atom is -0.347 e. The molecule has 0 radical (unpaired) electrons. The monoisotopic (exact) mass is 223 g/mol. The minimum absolute atomic E-state index is 0.0361. The number of nitrogens with zero attached hydrogens (tertiary/aromatic N) is 2. The van der Waals surface area contributed by atoms with E-state index in [0.29, 0.717) is 18.8 Å².